The molecule has 0 aromatic carbocycles. The summed E-state index contributed by atoms with van der Waals surface area (Å²) in [7, 11) is 0. The minimum Gasteiger partial charge on any atom is -0.481 e. The van der Waals surface area contributed by atoms with Crippen molar-refractivity contribution in [2.75, 3.05) is 6.54 Å². The van der Waals surface area contributed by atoms with Gasteiger partial charge in [0.2, 0.25) is 0 Å². The molecule has 0 rings (SSSR count). The molecule has 1 unspecified atom stereocenters. The van der Waals surface area contributed by atoms with Gasteiger partial charge in [-0.15, -0.1) is 0 Å². The summed E-state index contributed by atoms with van der Waals surface area (Å²) >= 11 is 0. The molecule has 0 aliphatic heterocycles. The van der Waals surface area contributed by atoms with E-state index in [4.69, 9.17) is 10.8 Å². The highest BCUT2D eigenvalue weighted by molar-refractivity contribution is 5.70. The van der Waals surface area contributed by atoms with Crippen molar-refractivity contribution in [1.29, 1.82) is 0 Å². The first-order valence-corrected chi connectivity index (χ1v) is 8.65. The number of aliphatic carboxylic acids is 1. The van der Waals surface area contributed by atoms with Gasteiger partial charge in [-0.1, -0.05) is 84.0 Å². The molecule has 0 aromatic heterocycles. The molecule has 0 fully saturated rings. The van der Waals surface area contributed by atoms with E-state index >= 15 is 0 Å². The quantitative estimate of drug-likeness (QED) is 0.427. The number of rotatable bonds is 15. The minimum absolute atomic E-state index is 0.271. The summed E-state index contributed by atoms with van der Waals surface area (Å²) < 4.78 is 0. The molecule has 0 heterocycles. The average Bonchev–Trinajstić information content (AvgIpc) is 2.43. The van der Waals surface area contributed by atoms with Crippen LogP contribution in [0, 0.1) is 5.92 Å². The van der Waals surface area contributed by atoms with Gasteiger partial charge >= 0.3 is 5.97 Å². The lowest BCUT2D eigenvalue weighted by atomic mass is 10.00. The maximum absolute atomic E-state index is 10.8. The number of carboxylic acids is 1. The fourth-order valence-electron chi connectivity index (χ4n) is 2.57. The van der Waals surface area contributed by atoms with Gasteiger partial charge < -0.3 is 10.8 Å². The highest BCUT2D eigenvalue weighted by Gasteiger charge is 2.13. The fourth-order valence-corrected chi connectivity index (χ4v) is 2.57. The Hall–Kier alpha value is -0.570. The molecule has 0 aliphatic carbocycles. The van der Waals surface area contributed by atoms with Gasteiger partial charge in [0.15, 0.2) is 0 Å². The Morgan fingerprint density at radius 2 is 1.25 bits per heavy atom. The first-order valence-electron chi connectivity index (χ1n) is 8.65. The number of carboxylic acid groups (broad SMARTS) is 1. The van der Waals surface area contributed by atoms with E-state index in [0.717, 1.165) is 19.3 Å². The van der Waals surface area contributed by atoms with Gasteiger partial charge in [-0.2, -0.15) is 0 Å². The summed E-state index contributed by atoms with van der Waals surface area (Å²) in [6.07, 6.45) is 16.5. The molecule has 0 radical (unpaired) electrons. The van der Waals surface area contributed by atoms with Crippen molar-refractivity contribution < 1.29 is 9.90 Å². The van der Waals surface area contributed by atoms with E-state index in [1.807, 2.05) is 0 Å². The summed E-state index contributed by atoms with van der Waals surface area (Å²) in [6, 6.07) is 0. The number of hydrogen-bond acceptors (Lipinski definition) is 2. The maximum atomic E-state index is 10.8. The van der Waals surface area contributed by atoms with Crippen molar-refractivity contribution in [3.05, 3.63) is 0 Å². The Labute approximate surface area is 125 Å². The molecule has 120 valence electrons. The lowest BCUT2D eigenvalue weighted by molar-refractivity contribution is -0.141. The van der Waals surface area contributed by atoms with E-state index in [1.165, 1.54) is 64.2 Å². The van der Waals surface area contributed by atoms with Crippen LogP contribution in [0.25, 0.3) is 0 Å². The van der Waals surface area contributed by atoms with Crippen LogP contribution in [0.1, 0.15) is 90.4 Å². The molecular formula is C17H35NO2. The third-order valence-electron chi connectivity index (χ3n) is 4.04. The summed E-state index contributed by atoms with van der Waals surface area (Å²) in [6.45, 7) is 2.53. The van der Waals surface area contributed by atoms with Crippen LogP contribution in [0.3, 0.4) is 0 Å². The van der Waals surface area contributed by atoms with E-state index < -0.39 is 5.97 Å². The summed E-state index contributed by atoms with van der Waals surface area (Å²) in [5.74, 6) is -1.08. The molecule has 0 aromatic rings. The molecule has 0 bridgehead atoms. The van der Waals surface area contributed by atoms with Crippen molar-refractivity contribution in [3.63, 3.8) is 0 Å². The van der Waals surface area contributed by atoms with Crippen LogP contribution in [0.2, 0.25) is 0 Å². The molecule has 20 heavy (non-hydrogen) atoms. The van der Waals surface area contributed by atoms with Gasteiger partial charge in [-0.3, -0.25) is 4.79 Å². The van der Waals surface area contributed by atoms with Gasteiger partial charge in [-0.25, -0.2) is 0 Å². The van der Waals surface area contributed by atoms with E-state index in [9.17, 15) is 4.79 Å². The second-order valence-electron chi connectivity index (χ2n) is 5.95. The molecule has 0 spiro atoms. The molecular weight excluding hydrogens is 250 g/mol. The topological polar surface area (TPSA) is 63.3 Å². The minimum atomic E-state index is -0.740. The Morgan fingerprint density at radius 3 is 1.60 bits per heavy atom. The number of hydrogen-bond donors (Lipinski definition) is 2. The highest BCUT2D eigenvalue weighted by Crippen LogP contribution is 2.14. The van der Waals surface area contributed by atoms with Crippen LogP contribution in [-0.2, 0) is 4.79 Å². The van der Waals surface area contributed by atoms with Crippen LogP contribution in [0.5, 0.6) is 0 Å². The van der Waals surface area contributed by atoms with Crippen molar-refractivity contribution in [2.24, 2.45) is 11.7 Å². The van der Waals surface area contributed by atoms with Crippen molar-refractivity contribution in [3.8, 4) is 0 Å². The van der Waals surface area contributed by atoms with Crippen molar-refractivity contribution in [2.45, 2.75) is 90.4 Å². The normalized spacial score (nSPS) is 12.5. The van der Waals surface area contributed by atoms with Crippen LogP contribution in [0.15, 0.2) is 0 Å². The zero-order chi connectivity index (χ0) is 15.1. The second-order valence-corrected chi connectivity index (χ2v) is 5.95. The van der Waals surface area contributed by atoms with Gasteiger partial charge in [0.05, 0.1) is 5.92 Å². The number of carbonyl (C=O) groups is 1. The van der Waals surface area contributed by atoms with Gasteiger partial charge in [0.25, 0.3) is 0 Å². The molecule has 1 atom stereocenters. The van der Waals surface area contributed by atoms with Crippen LogP contribution >= 0.6 is 0 Å². The summed E-state index contributed by atoms with van der Waals surface area (Å²) in [5, 5.41) is 8.87. The molecule has 3 N–H and O–H groups in total. The Bertz CT molecular complexity index is 219. The second kappa shape index (κ2) is 14.8. The van der Waals surface area contributed by atoms with Crippen molar-refractivity contribution in [1.82, 2.24) is 0 Å². The molecule has 3 heteroatoms. The highest BCUT2D eigenvalue weighted by atomic mass is 16.4. The Kier molecular flexibility index (Phi) is 14.4. The Balaban J connectivity index is 3.15. The molecule has 0 amide bonds. The zero-order valence-corrected chi connectivity index (χ0v) is 13.4. The first-order chi connectivity index (χ1) is 9.72. The lowest BCUT2D eigenvalue weighted by Gasteiger charge is -2.08. The predicted molar refractivity (Wildman–Crippen MR) is 85.9 cm³/mol. The van der Waals surface area contributed by atoms with Crippen LogP contribution in [0.4, 0.5) is 0 Å². The van der Waals surface area contributed by atoms with Crippen molar-refractivity contribution >= 4 is 5.97 Å². The van der Waals surface area contributed by atoms with Gasteiger partial charge in [-0.05, 0) is 6.42 Å². The van der Waals surface area contributed by atoms with E-state index in [0.29, 0.717) is 0 Å². The van der Waals surface area contributed by atoms with Gasteiger partial charge in [0, 0.05) is 6.54 Å². The van der Waals surface area contributed by atoms with E-state index in [2.05, 4.69) is 6.92 Å². The molecule has 3 nitrogen and oxygen atoms in total. The smallest absolute Gasteiger partial charge is 0.307 e. The molecule has 0 aliphatic rings. The molecule has 0 saturated carbocycles. The third kappa shape index (κ3) is 12.5. The van der Waals surface area contributed by atoms with Crippen LogP contribution < -0.4 is 5.73 Å². The third-order valence-corrected chi connectivity index (χ3v) is 4.04. The van der Waals surface area contributed by atoms with Gasteiger partial charge in [0.1, 0.15) is 0 Å². The number of unbranched alkanes of at least 4 members (excludes halogenated alkanes) is 11. The SMILES string of the molecule is CCCCCCCCCCCCCCC(CN)C(=O)O. The van der Waals surface area contributed by atoms with E-state index in [-0.39, 0.29) is 12.5 Å². The number of nitrogens with two attached hydrogens (primary N) is 1. The van der Waals surface area contributed by atoms with Crippen LogP contribution in [-0.4, -0.2) is 17.6 Å². The molecule has 0 saturated heterocycles. The fraction of sp³-hybridized carbons (Fsp3) is 0.941. The summed E-state index contributed by atoms with van der Waals surface area (Å²) in [5.41, 5.74) is 5.43. The largest absolute Gasteiger partial charge is 0.481 e. The Morgan fingerprint density at radius 1 is 0.850 bits per heavy atom. The average molecular weight is 285 g/mol. The zero-order valence-electron chi connectivity index (χ0n) is 13.4. The maximum Gasteiger partial charge on any atom is 0.307 e. The summed E-state index contributed by atoms with van der Waals surface area (Å²) in [4.78, 5) is 10.8. The lowest BCUT2D eigenvalue weighted by Crippen LogP contribution is -2.23. The predicted octanol–water partition coefficient (Wildman–Crippen LogP) is 4.74. The van der Waals surface area contributed by atoms with E-state index in [1.54, 1.807) is 0 Å². The standard InChI is InChI=1S/C17H35NO2/c1-2-3-4-5-6-7-8-9-10-11-12-13-14-16(15-18)17(19)20/h16H,2-15,18H2,1H3,(H,19,20). The monoisotopic (exact) mass is 285 g/mol. The first kappa shape index (κ1) is 19.4.